The average molecular weight is 288 g/mol. The Kier molecular flexibility index (Phi) is 6.59. The van der Waals surface area contributed by atoms with Gasteiger partial charge in [0.25, 0.3) is 0 Å². The molecular formula is C11H14ClF4NO. The minimum Gasteiger partial charge on any atom is -0.396 e. The molecule has 0 heterocycles. The number of rotatable bonds is 4. The van der Waals surface area contributed by atoms with Crippen molar-refractivity contribution >= 4 is 12.4 Å². The molecule has 0 aliphatic rings. The summed E-state index contributed by atoms with van der Waals surface area (Å²) in [6.45, 7) is -0.0587. The van der Waals surface area contributed by atoms with Crippen molar-refractivity contribution in [3.8, 4) is 0 Å². The summed E-state index contributed by atoms with van der Waals surface area (Å²) in [5.41, 5.74) is 4.65. The highest BCUT2D eigenvalue weighted by molar-refractivity contribution is 5.85. The first-order valence-electron chi connectivity index (χ1n) is 5.09. The van der Waals surface area contributed by atoms with Crippen LogP contribution in [0, 0.1) is 5.82 Å². The van der Waals surface area contributed by atoms with Crippen LogP contribution in [0.15, 0.2) is 18.2 Å². The fourth-order valence-electron chi connectivity index (χ4n) is 1.47. The highest BCUT2D eigenvalue weighted by atomic mass is 35.5. The average Bonchev–Trinajstić information content (AvgIpc) is 2.23. The number of alkyl halides is 3. The largest absolute Gasteiger partial charge is 0.419 e. The van der Waals surface area contributed by atoms with E-state index in [-0.39, 0.29) is 19.0 Å². The second-order valence-corrected chi connectivity index (χ2v) is 3.71. The third kappa shape index (κ3) is 4.44. The van der Waals surface area contributed by atoms with Crippen LogP contribution in [0.4, 0.5) is 17.6 Å². The smallest absolute Gasteiger partial charge is 0.396 e. The van der Waals surface area contributed by atoms with Gasteiger partial charge in [-0.05, 0) is 30.5 Å². The first kappa shape index (κ1) is 17.2. The van der Waals surface area contributed by atoms with E-state index in [4.69, 9.17) is 10.8 Å². The summed E-state index contributed by atoms with van der Waals surface area (Å²) in [7, 11) is 0. The maximum atomic E-state index is 13.2. The highest BCUT2D eigenvalue weighted by Crippen LogP contribution is 2.32. The van der Waals surface area contributed by atoms with Crippen molar-refractivity contribution in [3.05, 3.63) is 35.1 Å². The van der Waals surface area contributed by atoms with Gasteiger partial charge in [-0.2, -0.15) is 13.2 Å². The van der Waals surface area contributed by atoms with Gasteiger partial charge < -0.3 is 10.8 Å². The molecule has 0 saturated heterocycles. The lowest BCUT2D eigenvalue weighted by atomic mass is 10.0. The van der Waals surface area contributed by atoms with E-state index in [2.05, 4.69) is 0 Å². The molecule has 7 heteroatoms. The normalized spacial score (nSPS) is 13.0. The van der Waals surface area contributed by atoms with Crippen molar-refractivity contribution in [3.63, 3.8) is 0 Å². The Bertz CT molecular complexity index is 384. The summed E-state index contributed by atoms with van der Waals surface area (Å²) >= 11 is 0. The minimum atomic E-state index is -4.70. The quantitative estimate of drug-likeness (QED) is 0.836. The van der Waals surface area contributed by atoms with Crippen LogP contribution in [0.3, 0.4) is 0 Å². The molecular weight excluding hydrogens is 274 g/mol. The first-order valence-corrected chi connectivity index (χ1v) is 5.09. The summed E-state index contributed by atoms with van der Waals surface area (Å²) in [6, 6.07) is 2.07. The number of hydrogen-bond donors (Lipinski definition) is 2. The molecule has 0 saturated carbocycles. The predicted molar refractivity (Wildman–Crippen MR) is 61.9 cm³/mol. The van der Waals surface area contributed by atoms with E-state index in [0.29, 0.717) is 24.5 Å². The van der Waals surface area contributed by atoms with Gasteiger partial charge in [0, 0.05) is 12.6 Å². The Morgan fingerprint density at radius 1 is 1.28 bits per heavy atom. The third-order valence-electron chi connectivity index (χ3n) is 2.40. The van der Waals surface area contributed by atoms with E-state index < -0.39 is 23.6 Å². The molecule has 0 amide bonds. The second-order valence-electron chi connectivity index (χ2n) is 3.71. The van der Waals surface area contributed by atoms with Gasteiger partial charge in [-0.25, -0.2) is 4.39 Å². The lowest BCUT2D eigenvalue weighted by molar-refractivity contribution is -0.140. The molecule has 0 aliphatic carbocycles. The zero-order valence-electron chi connectivity index (χ0n) is 9.38. The molecule has 0 bridgehead atoms. The monoisotopic (exact) mass is 287 g/mol. The van der Waals surface area contributed by atoms with Crippen LogP contribution in [0.5, 0.6) is 0 Å². The van der Waals surface area contributed by atoms with E-state index in [1.54, 1.807) is 0 Å². The van der Waals surface area contributed by atoms with Crippen molar-refractivity contribution in [2.45, 2.75) is 25.1 Å². The van der Waals surface area contributed by atoms with E-state index >= 15 is 0 Å². The molecule has 18 heavy (non-hydrogen) atoms. The number of aliphatic hydroxyl groups is 1. The number of aliphatic hydroxyl groups excluding tert-OH is 1. The van der Waals surface area contributed by atoms with Crippen LogP contribution in [0.25, 0.3) is 0 Å². The summed E-state index contributed by atoms with van der Waals surface area (Å²) < 4.78 is 50.0. The Balaban J connectivity index is 0.00000289. The maximum absolute atomic E-state index is 13.2. The molecule has 104 valence electrons. The fourth-order valence-corrected chi connectivity index (χ4v) is 1.47. The summed E-state index contributed by atoms with van der Waals surface area (Å²) in [5, 5.41) is 8.59. The van der Waals surface area contributed by atoms with Crippen molar-refractivity contribution in [2.24, 2.45) is 5.73 Å². The summed E-state index contributed by atoms with van der Waals surface area (Å²) in [5.74, 6) is -1.32. The van der Waals surface area contributed by atoms with Crippen LogP contribution in [-0.4, -0.2) is 11.7 Å². The van der Waals surface area contributed by atoms with Crippen molar-refractivity contribution in [1.82, 2.24) is 0 Å². The van der Waals surface area contributed by atoms with E-state index in [0.717, 1.165) is 12.1 Å². The molecule has 0 fully saturated rings. The first-order chi connectivity index (χ1) is 7.86. The number of halogens is 5. The maximum Gasteiger partial charge on any atom is 0.419 e. The Morgan fingerprint density at radius 3 is 2.33 bits per heavy atom. The molecule has 0 unspecified atom stereocenters. The van der Waals surface area contributed by atoms with Gasteiger partial charge in [-0.15, -0.1) is 12.4 Å². The molecule has 0 aromatic heterocycles. The van der Waals surface area contributed by atoms with Crippen LogP contribution < -0.4 is 5.73 Å². The standard InChI is InChI=1S/C11H13F4NO.ClH/c12-9-6-7(10(16)2-1-5-17)3-4-8(9)11(13,14)15;/h3-4,6,10,17H,1-2,5,16H2;1H/t10-;/m1./s1. The molecule has 1 aromatic carbocycles. The van der Waals surface area contributed by atoms with E-state index in [9.17, 15) is 17.6 Å². The molecule has 1 aromatic rings. The zero-order valence-corrected chi connectivity index (χ0v) is 10.2. The van der Waals surface area contributed by atoms with Gasteiger partial charge in [0.1, 0.15) is 5.82 Å². The van der Waals surface area contributed by atoms with Gasteiger partial charge in [0.15, 0.2) is 0 Å². The lowest BCUT2D eigenvalue weighted by Crippen LogP contribution is -2.13. The number of nitrogens with two attached hydrogens (primary N) is 1. The number of hydrogen-bond acceptors (Lipinski definition) is 2. The zero-order chi connectivity index (χ0) is 13.1. The molecule has 0 aliphatic heterocycles. The second kappa shape index (κ2) is 6.92. The number of benzene rings is 1. The van der Waals surface area contributed by atoms with Gasteiger partial charge in [0.2, 0.25) is 0 Å². The van der Waals surface area contributed by atoms with Crippen molar-refractivity contribution in [2.75, 3.05) is 6.61 Å². The SMILES string of the molecule is Cl.N[C@H](CCCO)c1ccc(C(F)(F)F)c(F)c1. The van der Waals surface area contributed by atoms with E-state index in [1.165, 1.54) is 0 Å². The summed E-state index contributed by atoms with van der Waals surface area (Å²) in [6.07, 6.45) is -3.89. The third-order valence-corrected chi connectivity index (χ3v) is 2.40. The molecule has 0 spiro atoms. The van der Waals surface area contributed by atoms with Gasteiger partial charge in [-0.1, -0.05) is 6.07 Å². The van der Waals surface area contributed by atoms with Crippen molar-refractivity contribution in [1.29, 1.82) is 0 Å². The van der Waals surface area contributed by atoms with E-state index in [1.807, 2.05) is 0 Å². The van der Waals surface area contributed by atoms with Gasteiger partial charge >= 0.3 is 6.18 Å². The van der Waals surface area contributed by atoms with Crippen LogP contribution in [0.1, 0.15) is 30.0 Å². The molecule has 0 radical (unpaired) electrons. The molecule has 1 atom stereocenters. The topological polar surface area (TPSA) is 46.2 Å². The van der Waals surface area contributed by atoms with Gasteiger partial charge in [-0.3, -0.25) is 0 Å². The Hall–Kier alpha value is -0.850. The Labute approximate surface area is 108 Å². The summed E-state index contributed by atoms with van der Waals surface area (Å²) in [4.78, 5) is 0. The fraction of sp³-hybridized carbons (Fsp3) is 0.455. The predicted octanol–water partition coefficient (Wildman–Crippen LogP) is 3.04. The minimum absolute atomic E-state index is 0. The van der Waals surface area contributed by atoms with Crippen LogP contribution in [0.2, 0.25) is 0 Å². The van der Waals surface area contributed by atoms with Crippen molar-refractivity contribution < 1.29 is 22.7 Å². The van der Waals surface area contributed by atoms with Crippen LogP contribution >= 0.6 is 12.4 Å². The Morgan fingerprint density at radius 2 is 1.89 bits per heavy atom. The van der Waals surface area contributed by atoms with Gasteiger partial charge in [0.05, 0.1) is 5.56 Å². The molecule has 3 N–H and O–H groups in total. The van der Waals surface area contributed by atoms with Crippen LogP contribution in [-0.2, 0) is 6.18 Å². The highest BCUT2D eigenvalue weighted by Gasteiger charge is 2.34. The molecule has 1 rings (SSSR count). The lowest BCUT2D eigenvalue weighted by Gasteiger charge is -2.14. The molecule has 2 nitrogen and oxygen atoms in total.